The third-order valence-electron chi connectivity index (χ3n) is 6.07. The molecule has 34 heavy (non-hydrogen) atoms. The smallest absolute Gasteiger partial charge is 0.326 e. The van der Waals surface area contributed by atoms with Gasteiger partial charge in [-0.2, -0.15) is 12.6 Å². The van der Waals surface area contributed by atoms with Crippen molar-refractivity contribution < 1.29 is 24.3 Å². The number of carboxylic acids is 1. The molecule has 3 amide bonds. The Bertz CT molecular complexity index is 823. The number of carbonyl (C=O) groups excluding carboxylic acids is 3. The summed E-state index contributed by atoms with van der Waals surface area (Å²) >= 11 is 4.16. The molecule has 0 radical (unpaired) electrons. The van der Waals surface area contributed by atoms with Crippen LogP contribution >= 0.6 is 12.6 Å². The van der Waals surface area contributed by atoms with Gasteiger partial charge in [0.25, 0.3) is 0 Å². The number of benzene rings is 1. The molecule has 1 aromatic rings. The highest BCUT2D eigenvalue weighted by molar-refractivity contribution is 7.80. The molecule has 0 spiro atoms. The molecule has 1 rings (SSSR count). The van der Waals surface area contributed by atoms with Gasteiger partial charge in [-0.3, -0.25) is 14.4 Å². The molecule has 0 aliphatic carbocycles. The Morgan fingerprint density at radius 3 is 1.91 bits per heavy atom. The quantitative estimate of drug-likeness (QED) is 0.213. The minimum absolute atomic E-state index is 0.0528. The molecule has 0 saturated heterocycles. The Labute approximate surface area is 207 Å². The van der Waals surface area contributed by atoms with Gasteiger partial charge in [-0.15, -0.1) is 0 Å². The molecule has 0 saturated carbocycles. The van der Waals surface area contributed by atoms with Crippen molar-refractivity contribution in [1.29, 1.82) is 0 Å². The fourth-order valence-corrected chi connectivity index (χ4v) is 3.50. The van der Waals surface area contributed by atoms with E-state index in [1.165, 1.54) is 0 Å². The summed E-state index contributed by atoms with van der Waals surface area (Å²) in [5, 5.41) is 17.2. The van der Waals surface area contributed by atoms with Gasteiger partial charge in [0.15, 0.2) is 0 Å². The van der Waals surface area contributed by atoms with Crippen molar-refractivity contribution >= 4 is 36.3 Å². The standard InChI is InChI=1S/C24H38N4O5S/c1-5-14(3)19(25)23(31)26-17(12-16-10-8-7-9-11-16)21(29)27-18(13-34)22(30)28-20(24(32)33)15(4)6-2/h7-11,14-15,17-20,34H,5-6,12-13,25H2,1-4H3,(H,26,31)(H,27,29)(H,28,30)(H,32,33). The van der Waals surface area contributed by atoms with Crippen LogP contribution in [0.4, 0.5) is 0 Å². The van der Waals surface area contributed by atoms with Crippen LogP contribution in [-0.4, -0.2) is 58.7 Å². The Hall–Kier alpha value is -2.59. The minimum atomic E-state index is -1.15. The van der Waals surface area contributed by atoms with Crippen LogP contribution in [0.5, 0.6) is 0 Å². The van der Waals surface area contributed by atoms with Crippen LogP contribution in [0.3, 0.4) is 0 Å². The average molecular weight is 495 g/mol. The summed E-state index contributed by atoms with van der Waals surface area (Å²) < 4.78 is 0. The molecular weight excluding hydrogens is 456 g/mol. The highest BCUT2D eigenvalue weighted by Gasteiger charge is 2.32. The van der Waals surface area contributed by atoms with Crippen molar-refractivity contribution in [3.8, 4) is 0 Å². The third-order valence-corrected chi connectivity index (χ3v) is 6.43. The molecule has 6 unspecified atom stereocenters. The number of hydrogen-bond acceptors (Lipinski definition) is 6. The SMILES string of the molecule is CCC(C)C(N)C(=O)NC(Cc1ccccc1)C(=O)NC(CS)C(=O)NC(C(=O)O)C(C)CC. The van der Waals surface area contributed by atoms with Crippen LogP contribution < -0.4 is 21.7 Å². The summed E-state index contributed by atoms with van der Waals surface area (Å²) in [5.41, 5.74) is 6.85. The molecule has 10 heteroatoms. The van der Waals surface area contributed by atoms with Gasteiger partial charge in [-0.1, -0.05) is 70.9 Å². The van der Waals surface area contributed by atoms with Gasteiger partial charge in [0.2, 0.25) is 17.7 Å². The monoisotopic (exact) mass is 494 g/mol. The van der Waals surface area contributed by atoms with Crippen molar-refractivity contribution in [3.63, 3.8) is 0 Å². The summed E-state index contributed by atoms with van der Waals surface area (Å²) in [5.74, 6) is -3.28. The first kappa shape index (κ1) is 29.4. The molecule has 0 aliphatic heterocycles. The zero-order valence-electron chi connectivity index (χ0n) is 20.3. The fraction of sp³-hybridized carbons (Fsp3) is 0.583. The number of nitrogens with two attached hydrogens (primary N) is 1. The number of carboxylic acid groups (broad SMARTS) is 1. The number of carbonyl (C=O) groups is 4. The van der Waals surface area contributed by atoms with E-state index < -0.39 is 47.9 Å². The molecule has 6 N–H and O–H groups in total. The van der Waals surface area contributed by atoms with Gasteiger partial charge in [0, 0.05) is 12.2 Å². The third kappa shape index (κ3) is 8.98. The predicted molar refractivity (Wildman–Crippen MR) is 134 cm³/mol. The lowest BCUT2D eigenvalue weighted by Crippen LogP contribution is -2.59. The molecule has 0 aliphatic rings. The van der Waals surface area contributed by atoms with E-state index in [9.17, 15) is 24.3 Å². The molecule has 1 aromatic carbocycles. The second-order valence-electron chi connectivity index (χ2n) is 8.62. The van der Waals surface area contributed by atoms with E-state index >= 15 is 0 Å². The molecule has 0 heterocycles. The molecule has 6 atom stereocenters. The Morgan fingerprint density at radius 1 is 0.882 bits per heavy atom. The van der Waals surface area contributed by atoms with E-state index in [0.717, 1.165) is 5.56 Å². The number of amides is 3. The molecule has 0 aromatic heterocycles. The average Bonchev–Trinajstić information content (AvgIpc) is 2.83. The van der Waals surface area contributed by atoms with Crippen LogP contribution in [0.15, 0.2) is 30.3 Å². The van der Waals surface area contributed by atoms with Gasteiger partial charge in [-0.05, 0) is 17.4 Å². The number of thiol groups is 1. The van der Waals surface area contributed by atoms with Crippen LogP contribution in [-0.2, 0) is 25.6 Å². The van der Waals surface area contributed by atoms with Crippen molar-refractivity contribution in [2.45, 2.75) is 71.1 Å². The van der Waals surface area contributed by atoms with E-state index in [1.54, 1.807) is 6.92 Å². The van der Waals surface area contributed by atoms with Gasteiger partial charge >= 0.3 is 5.97 Å². The predicted octanol–water partition coefficient (Wildman–Crippen LogP) is 1.12. The maximum Gasteiger partial charge on any atom is 0.326 e. The number of aliphatic carboxylic acids is 1. The highest BCUT2D eigenvalue weighted by Crippen LogP contribution is 2.10. The van der Waals surface area contributed by atoms with E-state index in [4.69, 9.17) is 5.73 Å². The number of hydrogen-bond donors (Lipinski definition) is 6. The fourth-order valence-electron chi connectivity index (χ4n) is 3.24. The number of rotatable bonds is 14. The first-order chi connectivity index (χ1) is 16.0. The number of nitrogens with one attached hydrogen (secondary N) is 3. The summed E-state index contributed by atoms with van der Waals surface area (Å²) in [7, 11) is 0. The molecule has 190 valence electrons. The van der Waals surface area contributed by atoms with Crippen molar-refractivity contribution in [2.75, 3.05) is 5.75 Å². The Morgan fingerprint density at radius 2 is 1.41 bits per heavy atom. The lowest BCUT2D eigenvalue weighted by molar-refractivity contribution is -0.143. The highest BCUT2D eigenvalue weighted by atomic mass is 32.1. The van der Waals surface area contributed by atoms with E-state index in [2.05, 4.69) is 28.6 Å². The normalized spacial score (nSPS) is 16.3. The molecular formula is C24H38N4O5S. The van der Waals surface area contributed by atoms with Crippen LogP contribution in [0, 0.1) is 11.8 Å². The molecule has 0 bridgehead atoms. The van der Waals surface area contributed by atoms with Crippen LogP contribution in [0.25, 0.3) is 0 Å². The van der Waals surface area contributed by atoms with E-state index in [1.807, 2.05) is 51.1 Å². The van der Waals surface area contributed by atoms with Crippen LogP contribution in [0.2, 0.25) is 0 Å². The molecule has 0 fully saturated rings. The minimum Gasteiger partial charge on any atom is -0.480 e. The van der Waals surface area contributed by atoms with Crippen LogP contribution in [0.1, 0.15) is 46.1 Å². The summed E-state index contributed by atoms with van der Waals surface area (Å²) in [6.07, 6.45) is 1.45. The maximum atomic E-state index is 13.1. The second-order valence-corrected chi connectivity index (χ2v) is 8.98. The summed E-state index contributed by atoms with van der Waals surface area (Å²) in [6, 6.07) is 5.19. The van der Waals surface area contributed by atoms with Crippen molar-refractivity contribution in [3.05, 3.63) is 35.9 Å². The topological polar surface area (TPSA) is 151 Å². The van der Waals surface area contributed by atoms with Crippen molar-refractivity contribution in [1.82, 2.24) is 16.0 Å². The summed E-state index contributed by atoms with van der Waals surface area (Å²) in [6.45, 7) is 7.32. The zero-order valence-corrected chi connectivity index (χ0v) is 21.2. The van der Waals surface area contributed by atoms with Gasteiger partial charge < -0.3 is 26.8 Å². The lowest BCUT2D eigenvalue weighted by atomic mass is 9.98. The largest absolute Gasteiger partial charge is 0.480 e. The van der Waals surface area contributed by atoms with E-state index in [0.29, 0.717) is 12.8 Å². The van der Waals surface area contributed by atoms with Gasteiger partial charge in [-0.25, -0.2) is 4.79 Å². The lowest BCUT2D eigenvalue weighted by Gasteiger charge is -2.26. The van der Waals surface area contributed by atoms with Crippen molar-refractivity contribution in [2.24, 2.45) is 17.6 Å². The zero-order chi connectivity index (χ0) is 25.8. The first-order valence-electron chi connectivity index (χ1n) is 11.6. The Kier molecular flexibility index (Phi) is 12.7. The first-order valence-corrected chi connectivity index (χ1v) is 12.2. The van der Waals surface area contributed by atoms with Gasteiger partial charge in [0.1, 0.15) is 18.1 Å². The summed E-state index contributed by atoms with van der Waals surface area (Å²) in [4.78, 5) is 50.1. The second kappa shape index (κ2) is 14.6. The van der Waals surface area contributed by atoms with Gasteiger partial charge in [0.05, 0.1) is 6.04 Å². The maximum absolute atomic E-state index is 13.1. The Balaban J connectivity index is 3.02. The van der Waals surface area contributed by atoms with E-state index in [-0.39, 0.29) is 24.0 Å². The molecule has 9 nitrogen and oxygen atoms in total.